The third-order valence-corrected chi connectivity index (χ3v) is 16.2. The van der Waals surface area contributed by atoms with Gasteiger partial charge >= 0.3 is 0 Å². The number of carbonyl (C=O) groups is 2. The van der Waals surface area contributed by atoms with Gasteiger partial charge in [-0.05, 0) is 59.1 Å². The molecule has 0 amide bonds. The Labute approximate surface area is 186 Å². The van der Waals surface area contributed by atoms with Crippen molar-refractivity contribution in [1.82, 2.24) is 0 Å². The Hall–Kier alpha value is -0.483. The van der Waals surface area contributed by atoms with Crippen LogP contribution in [0.15, 0.2) is 0 Å². The summed E-state index contributed by atoms with van der Waals surface area (Å²) in [4.78, 5) is 25.8. The first-order valence-electron chi connectivity index (χ1n) is 12.5. The minimum atomic E-state index is -1.95. The predicted molar refractivity (Wildman–Crippen MR) is 126 cm³/mol. The van der Waals surface area contributed by atoms with E-state index in [4.69, 9.17) is 4.43 Å². The number of hydrogen-bond donors (Lipinski definition) is 0. The highest BCUT2D eigenvalue weighted by atomic mass is 28.4. The lowest BCUT2D eigenvalue weighted by Crippen LogP contribution is -2.61. The third-order valence-electron chi connectivity index (χ3n) is 10.1. The summed E-state index contributed by atoms with van der Waals surface area (Å²) >= 11 is 0. The maximum absolute atomic E-state index is 13.4. The Morgan fingerprint density at radius 2 is 1.50 bits per heavy atom. The van der Waals surface area contributed by atoms with Crippen LogP contribution >= 0.6 is 0 Å². The van der Waals surface area contributed by atoms with Crippen molar-refractivity contribution in [1.29, 1.82) is 0 Å². The van der Waals surface area contributed by atoms with E-state index in [1.54, 1.807) is 0 Å². The molecule has 30 heavy (non-hydrogen) atoms. The van der Waals surface area contributed by atoms with E-state index in [0.29, 0.717) is 59.3 Å². The fraction of sp³-hybridized carbons (Fsp3) is 0.923. The van der Waals surface area contributed by atoms with Gasteiger partial charge in [0.2, 0.25) is 8.32 Å². The number of rotatable bonds is 5. The van der Waals surface area contributed by atoms with Gasteiger partial charge in [0.05, 0.1) is 0 Å². The van der Waals surface area contributed by atoms with Crippen LogP contribution in [0.1, 0.15) is 101 Å². The Kier molecular flexibility index (Phi) is 6.55. The van der Waals surface area contributed by atoms with Gasteiger partial charge in [0, 0.05) is 30.8 Å². The Bertz CT molecular complexity index is 662. The van der Waals surface area contributed by atoms with Gasteiger partial charge in [-0.1, -0.05) is 62.3 Å². The van der Waals surface area contributed by atoms with Gasteiger partial charge in [0.15, 0.2) is 0 Å². The van der Waals surface area contributed by atoms with E-state index >= 15 is 0 Å². The average Bonchev–Trinajstić information content (AvgIpc) is 2.64. The molecule has 0 aromatic rings. The highest BCUT2D eigenvalue weighted by Gasteiger charge is 2.62. The molecular weight excluding hydrogens is 388 g/mol. The average molecular weight is 435 g/mol. The lowest BCUT2D eigenvalue weighted by Gasteiger charge is -2.62. The maximum Gasteiger partial charge on any atom is 0.200 e. The van der Waals surface area contributed by atoms with Gasteiger partial charge < -0.3 is 4.43 Å². The highest BCUT2D eigenvalue weighted by molar-refractivity contribution is 6.77. The largest absolute Gasteiger partial charge is 0.413 e. The van der Waals surface area contributed by atoms with Crippen molar-refractivity contribution in [2.24, 2.45) is 28.6 Å². The van der Waals surface area contributed by atoms with Crippen LogP contribution in [0.4, 0.5) is 0 Å². The molecule has 0 radical (unpaired) electrons. The molecular formula is C26H46O3Si. The van der Waals surface area contributed by atoms with E-state index in [-0.39, 0.29) is 22.9 Å². The number of carbonyl (C=O) groups excluding carboxylic acids is 2. The van der Waals surface area contributed by atoms with E-state index < -0.39 is 8.32 Å². The Balaban J connectivity index is 1.91. The van der Waals surface area contributed by atoms with E-state index in [1.807, 2.05) is 0 Å². The van der Waals surface area contributed by atoms with Crippen LogP contribution in [0.2, 0.25) is 16.6 Å². The number of hydrogen-bond acceptors (Lipinski definition) is 3. The van der Waals surface area contributed by atoms with Gasteiger partial charge in [0.25, 0.3) is 0 Å². The van der Waals surface area contributed by atoms with Crippen LogP contribution < -0.4 is 0 Å². The van der Waals surface area contributed by atoms with Crippen molar-refractivity contribution in [3.05, 3.63) is 0 Å². The summed E-state index contributed by atoms with van der Waals surface area (Å²) in [6, 6.07) is 0. The molecule has 3 rings (SSSR count). The van der Waals surface area contributed by atoms with E-state index in [9.17, 15) is 9.59 Å². The van der Waals surface area contributed by atoms with Crippen molar-refractivity contribution in [2.75, 3.05) is 0 Å². The second-order valence-corrected chi connectivity index (χ2v) is 17.7. The maximum atomic E-state index is 13.4. The number of ketones is 2. The van der Waals surface area contributed by atoms with Crippen LogP contribution in [-0.4, -0.2) is 26.0 Å². The first-order chi connectivity index (χ1) is 13.8. The molecule has 0 aromatic carbocycles. The van der Waals surface area contributed by atoms with Crippen LogP contribution in [0.3, 0.4) is 0 Å². The summed E-state index contributed by atoms with van der Waals surface area (Å²) < 4.78 is 7.25. The summed E-state index contributed by atoms with van der Waals surface area (Å²) in [5, 5.41) is 0. The molecule has 0 spiro atoms. The third kappa shape index (κ3) is 3.48. The highest BCUT2D eigenvalue weighted by Crippen LogP contribution is 2.64. The summed E-state index contributed by atoms with van der Waals surface area (Å²) in [5.74, 6) is 1.70. The Morgan fingerprint density at radius 3 is 2.03 bits per heavy atom. The molecule has 3 nitrogen and oxygen atoms in total. The smallest absolute Gasteiger partial charge is 0.200 e. The molecule has 0 heterocycles. The van der Waals surface area contributed by atoms with Crippen molar-refractivity contribution in [3.8, 4) is 0 Å². The molecule has 3 saturated carbocycles. The van der Waals surface area contributed by atoms with Gasteiger partial charge in [-0.25, -0.2) is 0 Å². The standard InChI is InChI=1S/C26H46O3Si/c1-16(2)30(17(3)4,18(5)6)29-22-11-13-25(8)21(19(22)7)15-24(28)26(9)12-10-20(27)14-23(25)26/h16-19,21-23H,10-15H2,1-9H3/t19-,21-,22-,23-,25-,26+/m0/s1. The zero-order chi connectivity index (χ0) is 22.6. The molecule has 4 heteroatoms. The lowest BCUT2D eigenvalue weighted by atomic mass is 9.43. The summed E-state index contributed by atoms with van der Waals surface area (Å²) in [7, 11) is -1.95. The molecule has 0 aliphatic heterocycles. The van der Waals surface area contributed by atoms with Crippen LogP contribution in [-0.2, 0) is 14.0 Å². The minimum absolute atomic E-state index is 0.0791. The summed E-state index contributed by atoms with van der Waals surface area (Å²) in [6.45, 7) is 21.0. The molecule has 3 aliphatic rings. The molecule has 0 N–H and O–H groups in total. The minimum Gasteiger partial charge on any atom is -0.413 e. The van der Waals surface area contributed by atoms with Crippen LogP contribution in [0.25, 0.3) is 0 Å². The first kappa shape index (κ1) is 24.2. The van der Waals surface area contributed by atoms with Crippen molar-refractivity contribution >= 4 is 19.9 Å². The number of Topliss-reactive ketones (excluding diaryl/α,β-unsaturated/α-hetero) is 2. The van der Waals surface area contributed by atoms with Gasteiger partial charge in [-0.15, -0.1) is 0 Å². The molecule has 0 saturated heterocycles. The molecule has 0 unspecified atom stereocenters. The SMILES string of the molecule is CC(C)[Si](O[C@H]1CC[C@@]2(C)[C@@H](CC(=O)[C@]3(C)CCC(=O)C[C@@H]23)[C@@H]1C)(C(C)C)C(C)C. The van der Waals surface area contributed by atoms with E-state index in [0.717, 1.165) is 19.3 Å². The first-order valence-corrected chi connectivity index (χ1v) is 14.7. The zero-order valence-electron chi connectivity index (χ0n) is 21.0. The van der Waals surface area contributed by atoms with E-state index in [1.165, 1.54) is 0 Å². The monoisotopic (exact) mass is 434 g/mol. The molecule has 0 aromatic heterocycles. The summed E-state index contributed by atoms with van der Waals surface area (Å²) in [6.07, 6.45) is 5.05. The molecule has 3 aliphatic carbocycles. The second-order valence-electron chi connectivity index (χ2n) is 12.3. The fourth-order valence-electron chi connectivity index (χ4n) is 8.31. The molecule has 172 valence electrons. The molecule has 0 bridgehead atoms. The zero-order valence-corrected chi connectivity index (χ0v) is 22.0. The van der Waals surface area contributed by atoms with Gasteiger partial charge in [-0.3, -0.25) is 9.59 Å². The Morgan fingerprint density at radius 1 is 0.933 bits per heavy atom. The normalized spacial score (nSPS) is 40.1. The van der Waals surface area contributed by atoms with Crippen LogP contribution in [0.5, 0.6) is 0 Å². The van der Waals surface area contributed by atoms with Gasteiger partial charge in [-0.2, -0.15) is 0 Å². The van der Waals surface area contributed by atoms with E-state index in [2.05, 4.69) is 62.3 Å². The topological polar surface area (TPSA) is 43.4 Å². The quantitative estimate of drug-likeness (QED) is 0.440. The predicted octanol–water partition coefficient (Wildman–Crippen LogP) is 6.95. The lowest BCUT2D eigenvalue weighted by molar-refractivity contribution is -0.171. The van der Waals surface area contributed by atoms with Crippen molar-refractivity contribution in [2.45, 2.75) is 124 Å². The summed E-state index contributed by atoms with van der Waals surface area (Å²) in [5.41, 5.74) is 1.51. The molecule has 3 fully saturated rings. The number of fused-ring (bicyclic) bond motifs is 3. The van der Waals surface area contributed by atoms with Crippen molar-refractivity contribution in [3.63, 3.8) is 0 Å². The second kappa shape index (κ2) is 8.14. The molecule has 6 atom stereocenters. The van der Waals surface area contributed by atoms with Gasteiger partial charge in [0.1, 0.15) is 11.6 Å². The van der Waals surface area contributed by atoms with Crippen molar-refractivity contribution < 1.29 is 14.0 Å². The fourth-order valence-corrected chi connectivity index (χ4v) is 14.0. The van der Waals surface area contributed by atoms with Crippen LogP contribution in [0, 0.1) is 28.6 Å².